The van der Waals surface area contributed by atoms with Gasteiger partial charge in [-0.2, -0.15) is 0 Å². The van der Waals surface area contributed by atoms with E-state index in [4.69, 9.17) is 10.5 Å². The third-order valence-corrected chi connectivity index (χ3v) is 6.06. The summed E-state index contributed by atoms with van der Waals surface area (Å²) in [5, 5.41) is 12.8. The van der Waals surface area contributed by atoms with Crippen molar-refractivity contribution in [1.82, 2.24) is 9.80 Å². The number of nitrogens with zero attached hydrogens (tertiary/aromatic N) is 2. The highest BCUT2D eigenvalue weighted by molar-refractivity contribution is 6.13. The fraction of sp³-hybridized carbons (Fsp3) is 0.276. The Bertz CT molecular complexity index is 1340. The summed E-state index contributed by atoms with van der Waals surface area (Å²) in [6.07, 6.45) is -0.413. The summed E-state index contributed by atoms with van der Waals surface area (Å²) < 4.78 is 5.44. The van der Waals surface area contributed by atoms with Crippen molar-refractivity contribution in [2.24, 2.45) is 0 Å². The van der Waals surface area contributed by atoms with Gasteiger partial charge < -0.3 is 30.7 Å². The van der Waals surface area contributed by atoms with E-state index in [2.05, 4.69) is 5.32 Å². The Morgan fingerprint density at radius 2 is 1.47 bits per heavy atom. The van der Waals surface area contributed by atoms with Crippen LogP contribution in [0, 0.1) is 0 Å². The number of nitrogen functional groups attached to an aromatic ring is 1. The molecule has 0 saturated carbocycles. The van der Waals surface area contributed by atoms with Crippen LogP contribution in [0.5, 0.6) is 5.75 Å². The lowest BCUT2D eigenvalue weighted by molar-refractivity contribution is 0.0141. The number of hydrogen-bond acceptors (Lipinski definition) is 6. The number of nitrogens with two attached hydrogens (primary N) is 1. The monoisotopic (exact) mass is 516 g/mol. The van der Waals surface area contributed by atoms with Crippen LogP contribution in [-0.2, 0) is 4.74 Å². The fourth-order valence-electron chi connectivity index (χ4n) is 4.14. The molecule has 38 heavy (non-hydrogen) atoms. The van der Waals surface area contributed by atoms with Crippen molar-refractivity contribution in [2.75, 3.05) is 37.2 Å². The normalized spacial score (nSPS) is 13.7. The van der Waals surface area contributed by atoms with E-state index in [0.717, 1.165) is 0 Å². The maximum Gasteiger partial charge on any atom is 0.410 e. The van der Waals surface area contributed by atoms with E-state index in [-0.39, 0.29) is 22.8 Å². The highest BCUT2D eigenvalue weighted by atomic mass is 16.6. The smallest absolute Gasteiger partial charge is 0.410 e. The second-order valence-corrected chi connectivity index (χ2v) is 10.1. The van der Waals surface area contributed by atoms with Crippen LogP contribution in [0.2, 0.25) is 0 Å². The molecule has 3 amide bonds. The van der Waals surface area contributed by atoms with E-state index < -0.39 is 17.6 Å². The minimum Gasteiger partial charge on any atom is -0.508 e. The molecule has 1 heterocycles. The van der Waals surface area contributed by atoms with Gasteiger partial charge in [0.25, 0.3) is 11.8 Å². The average molecular weight is 517 g/mol. The van der Waals surface area contributed by atoms with E-state index in [9.17, 15) is 19.5 Å². The molecule has 1 saturated heterocycles. The van der Waals surface area contributed by atoms with Gasteiger partial charge in [-0.05, 0) is 80.4 Å². The van der Waals surface area contributed by atoms with Gasteiger partial charge in [-0.25, -0.2) is 4.79 Å². The maximum atomic E-state index is 13.6. The molecule has 0 unspecified atom stereocenters. The molecule has 198 valence electrons. The third-order valence-electron chi connectivity index (χ3n) is 6.06. The Hall–Kier alpha value is -4.53. The molecule has 0 aromatic heterocycles. The number of aromatic hydroxyl groups is 1. The topological polar surface area (TPSA) is 125 Å². The lowest BCUT2D eigenvalue weighted by Gasteiger charge is -2.35. The van der Waals surface area contributed by atoms with Gasteiger partial charge >= 0.3 is 6.09 Å². The number of phenols is 1. The van der Waals surface area contributed by atoms with Gasteiger partial charge in [-0.3, -0.25) is 9.59 Å². The zero-order chi connectivity index (χ0) is 27.4. The molecule has 3 aromatic carbocycles. The van der Waals surface area contributed by atoms with Crippen molar-refractivity contribution >= 4 is 29.3 Å². The lowest BCUT2D eigenvalue weighted by Crippen LogP contribution is -2.51. The molecule has 3 aromatic rings. The van der Waals surface area contributed by atoms with Crippen LogP contribution in [0.15, 0.2) is 66.7 Å². The van der Waals surface area contributed by atoms with Crippen LogP contribution in [0.3, 0.4) is 0 Å². The molecule has 1 fully saturated rings. The average Bonchev–Trinajstić information content (AvgIpc) is 2.88. The summed E-state index contributed by atoms with van der Waals surface area (Å²) in [5.41, 5.74) is 8.07. The van der Waals surface area contributed by atoms with Crippen LogP contribution < -0.4 is 11.1 Å². The number of piperazine rings is 1. The molecular weight excluding hydrogens is 484 g/mol. The van der Waals surface area contributed by atoms with Crippen molar-refractivity contribution in [2.45, 2.75) is 26.4 Å². The summed E-state index contributed by atoms with van der Waals surface area (Å²) in [4.78, 5) is 42.6. The first kappa shape index (κ1) is 26.5. The zero-order valence-electron chi connectivity index (χ0n) is 21.7. The second-order valence-electron chi connectivity index (χ2n) is 10.1. The van der Waals surface area contributed by atoms with Crippen LogP contribution in [-0.4, -0.2) is 64.6 Å². The van der Waals surface area contributed by atoms with Gasteiger partial charge in [0.1, 0.15) is 11.4 Å². The summed E-state index contributed by atoms with van der Waals surface area (Å²) in [7, 11) is 0. The summed E-state index contributed by atoms with van der Waals surface area (Å²) in [5.74, 6) is -0.662. The SMILES string of the molecule is CC(C)(C)OC(=O)N1CCN(C(=O)c2ccc(-c3cccc(O)c3)cc2C(=O)Nc2ccc(N)cc2)CC1. The first-order chi connectivity index (χ1) is 18.0. The molecule has 0 spiro atoms. The van der Waals surface area contributed by atoms with Gasteiger partial charge in [0, 0.05) is 37.6 Å². The molecule has 0 bridgehead atoms. The molecule has 0 aliphatic carbocycles. The highest BCUT2D eigenvalue weighted by Crippen LogP contribution is 2.27. The standard InChI is InChI=1S/C29H32N4O5/c1-29(2,3)38-28(37)33-15-13-32(14-16-33)27(36)24-12-7-20(19-5-4-6-23(34)17-19)18-25(24)26(35)31-22-10-8-21(30)9-11-22/h4-12,17-18,34H,13-16,30H2,1-3H3,(H,31,35). The van der Waals surface area contributed by atoms with Gasteiger partial charge in [-0.15, -0.1) is 0 Å². The van der Waals surface area contributed by atoms with E-state index in [1.54, 1.807) is 70.5 Å². The number of carbonyl (C=O) groups excluding carboxylic acids is 3. The highest BCUT2D eigenvalue weighted by Gasteiger charge is 2.30. The molecule has 0 radical (unpaired) electrons. The molecule has 1 aliphatic heterocycles. The van der Waals surface area contributed by atoms with Crippen molar-refractivity contribution in [3.63, 3.8) is 0 Å². The Morgan fingerprint density at radius 3 is 2.11 bits per heavy atom. The first-order valence-corrected chi connectivity index (χ1v) is 12.4. The lowest BCUT2D eigenvalue weighted by atomic mass is 9.97. The molecule has 4 rings (SSSR count). The van der Waals surface area contributed by atoms with Gasteiger partial charge in [-0.1, -0.05) is 18.2 Å². The quantitative estimate of drug-likeness (QED) is 0.436. The summed E-state index contributed by atoms with van der Waals surface area (Å²) in [6.45, 7) is 6.70. The predicted molar refractivity (Wildman–Crippen MR) is 146 cm³/mol. The maximum absolute atomic E-state index is 13.6. The van der Waals surface area contributed by atoms with Crippen molar-refractivity contribution in [1.29, 1.82) is 0 Å². The number of nitrogens with one attached hydrogen (secondary N) is 1. The number of phenolic OH excluding ortho intramolecular Hbond substituents is 1. The number of amides is 3. The van der Waals surface area contributed by atoms with Crippen LogP contribution >= 0.6 is 0 Å². The van der Waals surface area contributed by atoms with Crippen molar-refractivity contribution < 1.29 is 24.2 Å². The van der Waals surface area contributed by atoms with E-state index in [0.29, 0.717) is 48.7 Å². The van der Waals surface area contributed by atoms with Gasteiger partial charge in [0.15, 0.2) is 0 Å². The Labute approximate surface area is 221 Å². The minimum atomic E-state index is -0.603. The van der Waals surface area contributed by atoms with Gasteiger partial charge in [0.05, 0.1) is 11.1 Å². The molecule has 9 nitrogen and oxygen atoms in total. The number of ether oxygens (including phenoxy) is 1. The molecule has 4 N–H and O–H groups in total. The molecular formula is C29H32N4O5. The van der Waals surface area contributed by atoms with E-state index >= 15 is 0 Å². The number of hydrogen-bond donors (Lipinski definition) is 3. The Balaban J connectivity index is 1.59. The van der Waals surface area contributed by atoms with E-state index in [1.165, 1.54) is 0 Å². The summed E-state index contributed by atoms with van der Waals surface area (Å²) >= 11 is 0. The number of carbonyl (C=O) groups is 3. The fourth-order valence-corrected chi connectivity index (χ4v) is 4.14. The Morgan fingerprint density at radius 1 is 0.842 bits per heavy atom. The predicted octanol–water partition coefficient (Wildman–Crippen LogP) is 4.59. The number of benzene rings is 3. The first-order valence-electron chi connectivity index (χ1n) is 12.4. The van der Waals surface area contributed by atoms with Crippen LogP contribution in [0.25, 0.3) is 11.1 Å². The number of anilines is 2. The zero-order valence-corrected chi connectivity index (χ0v) is 21.7. The van der Waals surface area contributed by atoms with Crippen molar-refractivity contribution in [3.05, 3.63) is 77.9 Å². The molecule has 0 atom stereocenters. The minimum absolute atomic E-state index is 0.0957. The number of rotatable bonds is 4. The third kappa shape index (κ3) is 6.42. The largest absolute Gasteiger partial charge is 0.508 e. The van der Waals surface area contributed by atoms with Gasteiger partial charge in [0.2, 0.25) is 0 Å². The van der Waals surface area contributed by atoms with Crippen LogP contribution in [0.4, 0.5) is 16.2 Å². The molecule has 1 aliphatic rings. The summed E-state index contributed by atoms with van der Waals surface area (Å²) in [6, 6.07) is 18.4. The second kappa shape index (κ2) is 10.8. The van der Waals surface area contributed by atoms with Crippen LogP contribution in [0.1, 0.15) is 41.5 Å². The van der Waals surface area contributed by atoms with E-state index in [1.807, 2.05) is 26.8 Å². The molecule has 9 heteroatoms. The Kier molecular flexibility index (Phi) is 7.57. The van der Waals surface area contributed by atoms with Crippen molar-refractivity contribution in [3.8, 4) is 16.9 Å².